The van der Waals surface area contributed by atoms with Crippen molar-refractivity contribution in [3.8, 4) is 6.07 Å². The molecule has 34 heavy (non-hydrogen) atoms. The Morgan fingerprint density at radius 1 is 1.15 bits per heavy atom. The van der Waals surface area contributed by atoms with Crippen molar-refractivity contribution in [3.63, 3.8) is 0 Å². The minimum absolute atomic E-state index is 0.00147. The highest BCUT2D eigenvalue weighted by Gasteiger charge is 2.24. The summed E-state index contributed by atoms with van der Waals surface area (Å²) in [5, 5.41) is 21.0. The molecule has 10 nitrogen and oxygen atoms in total. The highest BCUT2D eigenvalue weighted by Crippen LogP contribution is 2.29. The molecule has 3 aromatic heterocycles. The molecule has 0 spiro atoms. The number of thioether (sulfide) groups is 1. The second-order valence-electron chi connectivity index (χ2n) is 8.83. The highest BCUT2D eigenvalue weighted by molar-refractivity contribution is 7.99. The number of allylic oxidation sites excluding steroid dienone is 1. The van der Waals surface area contributed by atoms with Crippen LogP contribution in [0.3, 0.4) is 0 Å². The molecule has 0 aliphatic heterocycles. The van der Waals surface area contributed by atoms with Gasteiger partial charge in [-0.3, -0.25) is 13.9 Å². The van der Waals surface area contributed by atoms with Gasteiger partial charge in [0.1, 0.15) is 33.6 Å². The van der Waals surface area contributed by atoms with Crippen molar-refractivity contribution in [1.82, 2.24) is 29.1 Å². The number of hydrogen-bond acceptors (Lipinski definition) is 8. The van der Waals surface area contributed by atoms with Gasteiger partial charge >= 0.3 is 5.69 Å². The van der Waals surface area contributed by atoms with E-state index in [0.717, 1.165) is 21.8 Å². The summed E-state index contributed by atoms with van der Waals surface area (Å²) in [6.07, 6.45) is 0. The van der Waals surface area contributed by atoms with Crippen molar-refractivity contribution in [2.24, 2.45) is 14.1 Å². The van der Waals surface area contributed by atoms with E-state index >= 15 is 0 Å². The smallest absolute Gasteiger partial charge is 0.332 e. The van der Waals surface area contributed by atoms with Crippen LogP contribution in [0.2, 0.25) is 0 Å². The summed E-state index contributed by atoms with van der Waals surface area (Å²) >= 11 is 1.09. The van der Waals surface area contributed by atoms with Gasteiger partial charge in [-0.25, -0.2) is 19.7 Å². The minimum atomic E-state index is -0.526. The van der Waals surface area contributed by atoms with Gasteiger partial charge in [-0.1, -0.05) is 44.7 Å². The monoisotopic (exact) mass is 477 g/mol. The average molecular weight is 478 g/mol. The van der Waals surface area contributed by atoms with Crippen LogP contribution < -0.4 is 11.2 Å². The number of aryl methyl sites for hydroxylation is 1. The number of aromatic nitrogens is 6. The molecular weight excluding hydrogens is 454 g/mol. The van der Waals surface area contributed by atoms with Crippen molar-refractivity contribution >= 4 is 39.4 Å². The van der Waals surface area contributed by atoms with Gasteiger partial charge in [0.15, 0.2) is 11.5 Å². The number of nitrogens with one attached hydrogen (secondary N) is 1. The molecule has 0 saturated heterocycles. The Balaban J connectivity index is 1.83. The van der Waals surface area contributed by atoms with Gasteiger partial charge in [0.2, 0.25) is 0 Å². The molecule has 4 aromatic rings. The van der Waals surface area contributed by atoms with E-state index in [0.29, 0.717) is 16.4 Å². The third kappa shape index (κ3) is 3.97. The van der Waals surface area contributed by atoms with Crippen LogP contribution in [0.25, 0.3) is 27.6 Å². The molecule has 4 rings (SSSR count). The van der Waals surface area contributed by atoms with Crippen LogP contribution in [0, 0.1) is 11.3 Å². The largest absolute Gasteiger partial charge is 0.510 e. The summed E-state index contributed by atoms with van der Waals surface area (Å²) in [6, 6.07) is 9.31. The van der Waals surface area contributed by atoms with Crippen LogP contribution in [-0.4, -0.2) is 39.9 Å². The van der Waals surface area contributed by atoms with E-state index in [9.17, 15) is 20.0 Å². The third-order valence-corrected chi connectivity index (χ3v) is 6.30. The van der Waals surface area contributed by atoms with Gasteiger partial charge in [0, 0.05) is 19.5 Å². The van der Waals surface area contributed by atoms with E-state index in [4.69, 9.17) is 0 Å². The molecule has 3 heterocycles. The molecule has 0 bridgehead atoms. The number of benzene rings is 1. The van der Waals surface area contributed by atoms with Crippen molar-refractivity contribution in [2.45, 2.75) is 31.2 Å². The van der Waals surface area contributed by atoms with Crippen molar-refractivity contribution < 1.29 is 5.11 Å². The lowest BCUT2D eigenvalue weighted by Crippen LogP contribution is -2.38. The van der Waals surface area contributed by atoms with E-state index in [1.165, 1.54) is 11.6 Å². The molecule has 174 valence electrons. The molecule has 0 saturated carbocycles. The van der Waals surface area contributed by atoms with E-state index in [1.54, 1.807) is 13.1 Å². The zero-order chi connectivity index (χ0) is 24.8. The van der Waals surface area contributed by atoms with Crippen molar-refractivity contribution in [2.75, 3.05) is 5.75 Å². The van der Waals surface area contributed by atoms with Gasteiger partial charge < -0.3 is 10.1 Å². The maximum atomic E-state index is 13.0. The first-order valence-corrected chi connectivity index (χ1v) is 11.4. The predicted octanol–water partition coefficient (Wildman–Crippen LogP) is 2.79. The van der Waals surface area contributed by atoms with Crippen LogP contribution in [0.15, 0.2) is 44.6 Å². The van der Waals surface area contributed by atoms with Gasteiger partial charge in [-0.2, -0.15) is 5.26 Å². The number of para-hydroxylation sites is 2. The zero-order valence-corrected chi connectivity index (χ0v) is 20.2. The first-order chi connectivity index (χ1) is 16.0. The maximum Gasteiger partial charge on any atom is 0.332 e. The Bertz CT molecular complexity index is 1600. The average Bonchev–Trinajstić information content (AvgIpc) is 3.23. The van der Waals surface area contributed by atoms with E-state index in [-0.39, 0.29) is 33.9 Å². The van der Waals surface area contributed by atoms with E-state index in [2.05, 4.69) is 19.9 Å². The number of hydrogen-bond donors (Lipinski definition) is 2. The standard InChI is InChI=1S/C23H23N7O3S/c1-23(2,3)21-27-18-16(20(32)30(5)22(33)29(18)4)19(28-21)34-11-15(31)12(10-24)17-25-13-8-6-7-9-14(13)26-17/h6-9,31H,11H2,1-5H3,(H,25,26). The lowest BCUT2D eigenvalue weighted by atomic mass is 9.96. The number of imidazole rings is 1. The summed E-state index contributed by atoms with van der Waals surface area (Å²) in [7, 11) is 2.94. The summed E-state index contributed by atoms with van der Waals surface area (Å²) in [4.78, 5) is 41.9. The molecule has 2 N–H and O–H groups in total. The number of nitriles is 1. The molecule has 0 aliphatic rings. The minimum Gasteiger partial charge on any atom is -0.510 e. The Labute approximate surface area is 198 Å². The second kappa shape index (κ2) is 8.46. The zero-order valence-electron chi connectivity index (χ0n) is 19.4. The SMILES string of the molecule is Cn1c(=O)c2c(SCC(O)=C(C#N)c3nc4ccccc4[nH]3)nc(C(C)(C)C)nc2n(C)c1=O. The molecule has 0 unspecified atom stereocenters. The highest BCUT2D eigenvalue weighted by atomic mass is 32.2. The number of rotatable bonds is 4. The molecule has 0 radical (unpaired) electrons. The first-order valence-electron chi connectivity index (χ1n) is 10.4. The van der Waals surface area contributed by atoms with Crippen LogP contribution in [0.4, 0.5) is 0 Å². The van der Waals surface area contributed by atoms with Crippen LogP contribution in [-0.2, 0) is 19.5 Å². The normalized spacial score (nSPS) is 12.7. The number of H-pyrrole nitrogens is 1. The molecule has 0 atom stereocenters. The topological polar surface area (TPSA) is 142 Å². The van der Waals surface area contributed by atoms with E-state index in [1.807, 2.05) is 45.0 Å². The maximum absolute atomic E-state index is 13.0. The number of nitrogens with zero attached hydrogens (tertiary/aromatic N) is 6. The molecule has 0 fully saturated rings. The molecule has 1 aromatic carbocycles. The third-order valence-electron chi connectivity index (χ3n) is 5.31. The fourth-order valence-electron chi connectivity index (χ4n) is 3.40. The number of aromatic amines is 1. The van der Waals surface area contributed by atoms with Gasteiger partial charge in [0.05, 0.1) is 16.8 Å². The predicted molar refractivity (Wildman–Crippen MR) is 131 cm³/mol. The first kappa shape index (κ1) is 23.3. The lowest BCUT2D eigenvalue weighted by molar-refractivity contribution is 0.420. The van der Waals surface area contributed by atoms with Crippen molar-refractivity contribution in [3.05, 3.63) is 62.5 Å². The summed E-state index contributed by atoms with van der Waals surface area (Å²) in [5.74, 6) is 0.453. The second-order valence-corrected chi connectivity index (χ2v) is 9.80. The molecule has 0 aliphatic carbocycles. The van der Waals surface area contributed by atoms with Crippen LogP contribution >= 0.6 is 11.8 Å². The molecule has 11 heteroatoms. The van der Waals surface area contributed by atoms with Gasteiger partial charge in [-0.05, 0) is 12.1 Å². The quantitative estimate of drug-likeness (QED) is 0.198. The number of fused-ring (bicyclic) bond motifs is 2. The number of aliphatic hydroxyl groups is 1. The Morgan fingerprint density at radius 3 is 2.50 bits per heavy atom. The Morgan fingerprint density at radius 2 is 1.85 bits per heavy atom. The summed E-state index contributed by atoms with van der Waals surface area (Å²) in [6.45, 7) is 5.78. The van der Waals surface area contributed by atoms with Gasteiger partial charge in [0.25, 0.3) is 5.56 Å². The molecule has 0 amide bonds. The molecular formula is C23H23N7O3S. The Kier molecular flexibility index (Phi) is 5.79. The fraction of sp³-hybridized carbons (Fsp3) is 0.304. The fourth-order valence-corrected chi connectivity index (χ4v) is 4.29. The summed E-state index contributed by atoms with van der Waals surface area (Å²) < 4.78 is 2.31. The number of aliphatic hydroxyl groups excluding tert-OH is 1. The Hall–Kier alpha value is -3.91. The van der Waals surface area contributed by atoms with Crippen LogP contribution in [0.1, 0.15) is 32.4 Å². The van der Waals surface area contributed by atoms with E-state index < -0.39 is 16.7 Å². The van der Waals surface area contributed by atoms with Crippen LogP contribution in [0.5, 0.6) is 0 Å². The van der Waals surface area contributed by atoms with Gasteiger partial charge in [-0.15, -0.1) is 0 Å². The van der Waals surface area contributed by atoms with Crippen molar-refractivity contribution in [1.29, 1.82) is 5.26 Å². The summed E-state index contributed by atoms with van der Waals surface area (Å²) in [5.41, 5.74) is 0.160. The lowest BCUT2D eigenvalue weighted by Gasteiger charge is -2.19.